The topological polar surface area (TPSA) is 74.7 Å². The molecule has 0 saturated carbocycles. The van der Waals surface area contributed by atoms with Crippen molar-refractivity contribution < 1.29 is 17.2 Å². The van der Waals surface area contributed by atoms with Gasteiger partial charge in [0.1, 0.15) is 0 Å². The third-order valence-corrected chi connectivity index (χ3v) is 5.73. The van der Waals surface area contributed by atoms with Gasteiger partial charge in [-0.25, -0.2) is 12.6 Å². The summed E-state index contributed by atoms with van der Waals surface area (Å²) in [5, 5.41) is 1.16. The molecule has 7 heteroatoms. The molecule has 0 aliphatic rings. The van der Waals surface area contributed by atoms with Gasteiger partial charge in [0.2, 0.25) is 0 Å². The van der Waals surface area contributed by atoms with Gasteiger partial charge in [0.25, 0.3) is 19.0 Å². The average Bonchev–Trinajstić information content (AvgIpc) is 2.36. The van der Waals surface area contributed by atoms with Gasteiger partial charge in [0, 0.05) is 30.6 Å². The Morgan fingerprint density at radius 2 is 1.63 bits per heavy atom. The molecule has 0 heterocycles. The number of fused-ring (bicyclic) bond motifs is 1. The van der Waals surface area contributed by atoms with Crippen LogP contribution in [0.3, 0.4) is 0 Å². The molecule has 0 aliphatic heterocycles. The Labute approximate surface area is 113 Å². The molecule has 2 rings (SSSR count). The molecule has 1 unspecified atom stereocenters. The molecule has 1 atom stereocenters. The van der Waals surface area contributed by atoms with Gasteiger partial charge in [0.05, 0.1) is 4.90 Å². The summed E-state index contributed by atoms with van der Waals surface area (Å²) in [5.41, 5.74) is 0.846. The maximum Gasteiger partial charge on any atom is 0.283 e. The fraction of sp³-hybridized carbons (Fsp3) is 0.167. The summed E-state index contributed by atoms with van der Waals surface area (Å²) in [4.78, 5) is 1.73. The van der Waals surface area contributed by atoms with Gasteiger partial charge in [-0.15, -0.1) is 0 Å². The second-order valence-electron chi connectivity index (χ2n) is 4.19. The van der Waals surface area contributed by atoms with Crippen molar-refractivity contribution in [3.05, 3.63) is 36.4 Å². The smallest absolute Gasteiger partial charge is 0.283 e. The highest BCUT2D eigenvalue weighted by Crippen LogP contribution is 2.31. The Hall–Kier alpha value is -1.44. The van der Waals surface area contributed by atoms with Crippen LogP contribution in [0.1, 0.15) is 0 Å². The second-order valence-corrected chi connectivity index (χ2v) is 8.15. The highest BCUT2D eigenvalue weighted by Gasteiger charge is 2.24. The maximum absolute atomic E-state index is 11.9. The predicted octanol–water partition coefficient (Wildman–Crippen LogP) is 1.82. The molecule has 5 nitrogen and oxygen atoms in total. The Morgan fingerprint density at radius 3 is 2.21 bits per heavy atom. The molecule has 0 aliphatic carbocycles. The molecule has 102 valence electrons. The molecule has 0 amide bonds. The van der Waals surface area contributed by atoms with E-state index in [1.54, 1.807) is 24.3 Å². The van der Waals surface area contributed by atoms with Crippen LogP contribution in [0, 0.1) is 0 Å². The summed E-state index contributed by atoms with van der Waals surface area (Å²) in [6.45, 7) is 0. The Bertz CT molecular complexity index is 753. The zero-order chi connectivity index (χ0) is 14.2. The van der Waals surface area contributed by atoms with Crippen LogP contribution in [0.15, 0.2) is 41.3 Å². The maximum atomic E-state index is 11.9. The second kappa shape index (κ2) is 4.92. The minimum Gasteiger partial charge on any atom is -0.377 e. The molecular weight excluding hydrogens is 286 g/mol. The van der Waals surface area contributed by atoms with E-state index in [2.05, 4.69) is 0 Å². The van der Waals surface area contributed by atoms with Crippen molar-refractivity contribution in [3.63, 3.8) is 0 Å². The van der Waals surface area contributed by atoms with Crippen molar-refractivity contribution in [1.29, 1.82) is 0 Å². The lowest BCUT2D eigenvalue weighted by atomic mass is 10.1. The minimum absolute atomic E-state index is 0.130. The summed E-state index contributed by atoms with van der Waals surface area (Å²) in [6.07, 6.45) is 0. The summed E-state index contributed by atoms with van der Waals surface area (Å²) >= 11 is 0. The quantitative estimate of drug-likeness (QED) is 0.691. The van der Waals surface area contributed by atoms with Gasteiger partial charge >= 0.3 is 0 Å². The summed E-state index contributed by atoms with van der Waals surface area (Å²) in [5.74, 6) is 0. The van der Waals surface area contributed by atoms with Crippen LogP contribution < -0.4 is 4.90 Å². The van der Waals surface area contributed by atoms with E-state index in [0.717, 1.165) is 11.1 Å². The Balaban J connectivity index is 2.87. The zero-order valence-corrected chi connectivity index (χ0v) is 12.0. The minimum atomic E-state index is -4.24. The average molecular weight is 299 g/mol. The van der Waals surface area contributed by atoms with E-state index in [1.165, 1.54) is 6.07 Å². The molecule has 19 heavy (non-hydrogen) atoms. The van der Waals surface area contributed by atoms with Crippen LogP contribution >= 0.6 is 0 Å². The molecule has 0 radical (unpaired) electrons. The van der Waals surface area contributed by atoms with Crippen molar-refractivity contribution in [3.8, 4) is 0 Å². The third kappa shape index (κ3) is 2.36. The summed E-state index contributed by atoms with van der Waals surface area (Å²) in [7, 11) is -3.48. The molecular formula is C12H13NO4S2. The number of rotatable bonds is 3. The monoisotopic (exact) mass is 299 g/mol. The standard InChI is InChI=1S/C12H13NO4S2/c1-13(2)11-7-3-6-10-9(11)5-4-8-12(10)19(16,17)18(14)15/h3-8H,1-2H3,(H,14,15). The van der Waals surface area contributed by atoms with Crippen molar-refractivity contribution in [2.45, 2.75) is 4.90 Å². The molecule has 1 N–H and O–H groups in total. The molecule has 0 saturated heterocycles. The van der Waals surface area contributed by atoms with E-state index in [0.29, 0.717) is 5.39 Å². The van der Waals surface area contributed by atoms with E-state index < -0.39 is 19.0 Å². The third-order valence-electron chi connectivity index (χ3n) is 2.80. The van der Waals surface area contributed by atoms with E-state index >= 15 is 0 Å². The first-order valence-corrected chi connectivity index (χ1v) is 8.52. The van der Waals surface area contributed by atoms with E-state index in [4.69, 9.17) is 4.55 Å². The van der Waals surface area contributed by atoms with Crippen LogP contribution in [0.5, 0.6) is 0 Å². The lowest BCUT2D eigenvalue weighted by Gasteiger charge is -2.16. The summed E-state index contributed by atoms with van der Waals surface area (Å²) < 4.78 is 43.7. The van der Waals surface area contributed by atoms with Crippen molar-refractivity contribution >= 4 is 35.4 Å². The molecule has 0 spiro atoms. The van der Waals surface area contributed by atoms with Crippen molar-refractivity contribution in [2.75, 3.05) is 19.0 Å². The number of anilines is 1. The number of hydrogen-bond donors (Lipinski definition) is 1. The predicted molar refractivity (Wildman–Crippen MR) is 76.2 cm³/mol. The molecule has 0 fully saturated rings. The normalized spacial score (nSPS) is 13.4. The summed E-state index contributed by atoms with van der Waals surface area (Å²) in [6, 6.07) is 9.89. The molecule has 0 bridgehead atoms. The van der Waals surface area contributed by atoms with Crippen LogP contribution in [-0.2, 0) is 19.0 Å². The van der Waals surface area contributed by atoms with Gasteiger partial charge in [-0.05, 0) is 12.1 Å². The van der Waals surface area contributed by atoms with Crippen LogP contribution in [0.25, 0.3) is 10.8 Å². The van der Waals surface area contributed by atoms with Gasteiger partial charge in [-0.1, -0.05) is 24.3 Å². The van der Waals surface area contributed by atoms with E-state index in [1.807, 2.05) is 25.1 Å². The SMILES string of the molecule is CN(C)c1cccc2c(S(=O)(=O)S(=O)O)cccc12. The van der Waals surface area contributed by atoms with Gasteiger partial charge in [0.15, 0.2) is 0 Å². The largest absolute Gasteiger partial charge is 0.377 e. The number of nitrogens with zero attached hydrogens (tertiary/aromatic N) is 1. The fourth-order valence-electron chi connectivity index (χ4n) is 1.95. The molecule has 2 aromatic rings. The highest BCUT2D eigenvalue weighted by molar-refractivity contribution is 8.62. The lowest BCUT2D eigenvalue weighted by molar-refractivity contribution is 0.562. The first kappa shape index (κ1) is 14.0. The fourth-order valence-corrected chi connectivity index (χ4v) is 3.69. The van der Waals surface area contributed by atoms with Crippen LogP contribution in [0.2, 0.25) is 0 Å². The molecule has 0 aromatic heterocycles. The molecule has 2 aromatic carbocycles. The number of hydrogen-bond acceptors (Lipinski definition) is 4. The van der Waals surface area contributed by atoms with E-state index in [9.17, 15) is 12.6 Å². The van der Waals surface area contributed by atoms with Crippen molar-refractivity contribution in [2.24, 2.45) is 0 Å². The van der Waals surface area contributed by atoms with Crippen LogP contribution in [0.4, 0.5) is 5.69 Å². The first-order valence-electron chi connectivity index (χ1n) is 5.41. The van der Waals surface area contributed by atoms with Crippen LogP contribution in [-0.4, -0.2) is 31.3 Å². The lowest BCUT2D eigenvalue weighted by Crippen LogP contribution is -2.11. The van der Waals surface area contributed by atoms with Gasteiger partial charge in [-0.3, -0.25) is 4.55 Å². The Morgan fingerprint density at radius 1 is 1.05 bits per heavy atom. The zero-order valence-electron chi connectivity index (χ0n) is 10.4. The highest BCUT2D eigenvalue weighted by atomic mass is 33.2. The first-order chi connectivity index (χ1) is 8.85. The Kier molecular flexibility index (Phi) is 3.62. The van der Waals surface area contributed by atoms with Crippen molar-refractivity contribution in [1.82, 2.24) is 0 Å². The van der Waals surface area contributed by atoms with Gasteiger partial charge in [-0.2, -0.15) is 0 Å². The number of benzene rings is 2. The van der Waals surface area contributed by atoms with E-state index in [-0.39, 0.29) is 4.90 Å². The van der Waals surface area contributed by atoms with Gasteiger partial charge < -0.3 is 4.90 Å².